The summed E-state index contributed by atoms with van der Waals surface area (Å²) in [7, 11) is 0. The van der Waals surface area contributed by atoms with Crippen LogP contribution in [0.4, 0.5) is 0 Å². The summed E-state index contributed by atoms with van der Waals surface area (Å²) >= 11 is 3.65. The van der Waals surface area contributed by atoms with Gasteiger partial charge in [0.25, 0.3) is 0 Å². The summed E-state index contributed by atoms with van der Waals surface area (Å²) in [6, 6.07) is 0.957. The molecule has 0 aromatic rings. The Labute approximate surface area is 96.4 Å². The van der Waals surface area contributed by atoms with Crippen LogP contribution in [0.1, 0.15) is 39.0 Å². The van der Waals surface area contributed by atoms with Gasteiger partial charge in [0.05, 0.1) is 0 Å². The molecule has 2 rings (SSSR count). The molecule has 1 nitrogen and oxygen atoms in total. The molecule has 3 atom stereocenters. The Bertz CT molecular complexity index is 183. The molecule has 2 bridgehead atoms. The third-order valence-electron chi connectivity index (χ3n) is 3.93. The lowest BCUT2D eigenvalue weighted by molar-refractivity contribution is 0.184. The van der Waals surface area contributed by atoms with Gasteiger partial charge < -0.3 is 0 Å². The van der Waals surface area contributed by atoms with Gasteiger partial charge in [-0.3, -0.25) is 4.90 Å². The van der Waals surface area contributed by atoms with Crippen molar-refractivity contribution in [2.45, 2.75) is 45.1 Å². The molecule has 3 unspecified atom stereocenters. The molecule has 14 heavy (non-hydrogen) atoms. The van der Waals surface area contributed by atoms with Crippen molar-refractivity contribution in [3.8, 4) is 0 Å². The number of likely N-dealkylation sites (tertiary alicyclic amines) is 1. The summed E-state index contributed by atoms with van der Waals surface area (Å²) in [4.78, 5) is 2.76. The van der Waals surface area contributed by atoms with Gasteiger partial charge in [-0.1, -0.05) is 29.3 Å². The van der Waals surface area contributed by atoms with Gasteiger partial charge in [-0.15, -0.1) is 0 Å². The van der Waals surface area contributed by atoms with Gasteiger partial charge in [-0.2, -0.15) is 0 Å². The molecule has 1 heterocycles. The van der Waals surface area contributed by atoms with Crippen LogP contribution in [0.3, 0.4) is 0 Å². The van der Waals surface area contributed by atoms with Crippen LogP contribution in [0.15, 0.2) is 0 Å². The highest BCUT2D eigenvalue weighted by Crippen LogP contribution is 2.37. The Morgan fingerprint density at radius 3 is 2.79 bits per heavy atom. The monoisotopic (exact) mass is 259 g/mol. The van der Waals surface area contributed by atoms with Gasteiger partial charge in [0.15, 0.2) is 0 Å². The lowest BCUT2D eigenvalue weighted by Crippen LogP contribution is -2.36. The Morgan fingerprint density at radius 2 is 2.29 bits per heavy atom. The predicted molar refractivity (Wildman–Crippen MR) is 64.9 cm³/mol. The Morgan fingerprint density at radius 1 is 1.43 bits per heavy atom. The molecule has 0 radical (unpaired) electrons. The molecule has 2 fully saturated rings. The third kappa shape index (κ3) is 2.33. The number of hydrogen-bond donors (Lipinski definition) is 0. The summed E-state index contributed by atoms with van der Waals surface area (Å²) in [5, 5.41) is 1.19. The van der Waals surface area contributed by atoms with Gasteiger partial charge in [0, 0.05) is 24.5 Å². The van der Waals surface area contributed by atoms with Crippen molar-refractivity contribution < 1.29 is 0 Å². The zero-order valence-corrected chi connectivity index (χ0v) is 10.8. The van der Waals surface area contributed by atoms with E-state index in [0.717, 1.165) is 17.9 Å². The maximum Gasteiger partial charge on any atom is 0.00987 e. The molecule has 1 aliphatic carbocycles. The molecule has 0 spiro atoms. The van der Waals surface area contributed by atoms with Crippen LogP contribution >= 0.6 is 15.9 Å². The first-order chi connectivity index (χ1) is 6.83. The molecular weight excluding hydrogens is 238 g/mol. The van der Waals surface area contributed by atoms with Crippen molar-refractivity contribution in [3.63, 3.8) is 0 Å². The summed E-state index contributed by atoms with van der Waals surface area (Å²) in [5.41, 5.74) is 0. The number of fused-ring (bicyclic) bond motifs is 2. The number of nitrogens with zero attached hydrogens (tertiary/aromatic N) is 1. The van der Waals surface area contributed by atoms with Crippen LogP contribution in [-0.4, -0.2) is 29.4 Å². The van der Waals surface area contributed by atoms with Crippen LogP contribution in [0.5, 0.6) is 0 Å². The number of rotatable bonds is 5. The van der Waals surface area contributed by atoms with E-state index in [4.69, 9.17) is 0 Å². The van der Waals surface area contributed by atoms with E-state index in [1.807, 2.05) is 0 Å². The van der Waals surface area contributed by atoms with E-state index in [9.17, 15) is 0 Å². The first-order valence-electron chi connectivity index (χ1n) is 6.13. The van der Waals surface area contributed by atoms with E-state index in [1.165, 1.54) is 50.5 Å². The molecule has 0 aromatic carbocycles. The average Bonchev–Trinajstić information content (AvgIpc) is 2.78. The second-order valence-electron chi connectivity index (χ2n) is 5.10. The Balaban J connectivity index is 1.79. The van der Waals surface area contributed by atoms with E-state index >= 15 is 0 Å². The minimum absolute atomic E-state index is 0.888. The van der Waals surface area contributed by atoms with E-state index in [-0.39, 0.29) is 0 Å². The molecule has 1 saturated carbocycles. The molecule has 2 aliphatic rings. The van der Waals surface area contributed by atoms with Crippen LogP contribution in [0.25, 0.3) is 0 Å². The lowest BCUT2D eigenvalue weighted by atomic mass is 10.0. The van der Waals surface area contributed by atoms with E-state index in [0.29, 0.717) is 0 Å². The number of piperidine rings is 1. The first-order valence-corrected chi connectivity index (χ1v) is 7.25. The fourth-order valence-electron chi connectivity index (χ4n) is 3.21. The van der Waals surface area contributed by atoms with Gasteiger partial charge in [-0.25, -0.2) is 0 Å². The predicted octanol–water partition coefficient (Wildman–Crippen LogP) is 3.28. The van der Waals surface area contributed by atoms with Crippen LogP contribution in [-0.2, 0) is 0 Å². The average molecular weight is 260 g/mol. The van der Waals surface area contributed by atoms with E-state index < -0.39 is 0 Å². The largest absolute Gasteiger partial charge is 0.300 e. The van der Waals surface area contributed by atoms with Crippen molar-refractivity contribution in [1.82, 2.24) is 4.90 Å². The highest BCUT2D eigenvalue weighted by atomic mass is 79.9. The van der Waals surface area contributed by atoms with Crippen LogP contribution in [0, 0.1) is 11.8 Å². The first kappa shape index (κ1) is 10.9. The molecule has 0 amide bonds. The maximum absolute atomic E-state index is 3.65. The molecule has 0 N–H and O–H groups in total. The van der Waals surface area contributed by atoms with Crippen molar-refractivity contribution in [3.05, 3.63) is 0 Å². The molecule has 2 heteroatoms. The summed E-state index contributed by atoms with van der Waals surface area (Å²) in [6.07, 6.45) is 7.21. The van der Waals surface area contributed by atoms with E-state index in [1.54, 1.807) is 0 Å². The number of alkyl halides is 1. The number of halogens is 1. The van der Waals surface area contributed by atoms with Crippen molar-refractivity contribution in [1.29, 1.82) is 0 Å². The lowest BCUT2D eigenvalue weighted by Gasteiger charge is -2.30. The SMILES string of the molecule is CCCC(CBr)CN1CC2CCC1C2. The van der Waals surface area contributed by atoms with Gasteiger partial charge >= 0.3 is 0 Å². The fourth-order valence-corrected chi connectivity index (χ4v) is 3.74. The van der Waals surface area contributed by atoms with Gasteiger partial charge in [0.2, 0.25) is 0 Å². The van der Waals surface area contributed by atoms with Crippen LogP contribution in [0.2, 0.25) is 0 Å². The second-order valence-corrected chi connectivity index (χ2v) is 5.74. The third-order valence-corrected chi connectivity index (χ3v) is 4.85. The minimum atomic E-state index is 0.888. The zero-order chi connectivity index (χ0) is 9.97. The second kappa shape index (κ2) is 4.98. The van der Waals surface area contributed by atoms with Crippen LogP contribution < -0.4 is 0 Å². The normalized spacial score (nSPS) is 33.9. The Kier molecular flexibility index (Phi) is 3.89. The topological polar surface area (TPSA) is 3.24 Å². The molecule has 1 aliphatic heterocycles. The summed E-state index contributed by atoms with van der Waals surface area (Å²) in [6.45, 7) is 5.05. The van der Waals surface area contributed by atoms with Gasteiger partial charge in [-0.05, 0) is 37.5 Å². The smallest absolute Gasteiger partial charge is 0.00987 e. The molecule has 1 saturated heterocycles. The molecule has 0 aromatic heterocycles. The zero-order valence-electron chi connectivity index (χ0n) is 9.21. The highest BCUT2D eigenvalue weighted by molar-refractivity contribution is 9.09. The fraction of sp³-hybridized carbons (Fsp3) is 1.00. The van der Waals surface area contributed by atoms with Crippen molar-refractivity contribution in [2.24, 2.45) is 11.8 Å². The number of hydrogen-bond acceptors (Lipinski definition) is 1. The quantitative estimate of drug-likeness (QED) is 0.686. The molecule has 82 valence electrons. The standard InChI is InChI=1S/C12H22BrN/c1-2-3-11(7-13)9-14-8-10-4-5-12(14)6-10/h10-12H,2-9H2,1H3. The van der Waals surface area contributed by atoms with E-state index in [2.05, 4.69) is 27.8 Å². The van der Waals surface area contributed by atoms with Gasteiger partial charge in [0.1, 0.15) is 0 Å². The van der Waals surface area contributed by atoms with Crippen molar-refractivity contribution in [2.75, 3.05) is 18.4 Å². The highest BCUT2D eigenvalue weighted by Gasteiger charge is 2.37. The summed E-state index contributed by atoms with van der Waals surface area (Å²) < 4.78 is 0. The maximum atomic E-state index is 3.65. The molecular formula is C12H22BrN. The minimum Gasteiger partial charge on any atom is -0.300 e. The Hall–Kier alpha value is 0.440. The van der Waals surface area contributed by atoms with Crippen molar-refractivity contribution >= 4 is 15.9 Å². The summed E-state index contributed by atoms with van der Waals surface area (Å²) in [5.74, 6) is 1.94.